The van der Waals surface area contributed by atoms with E-state index in [0.717, 1.165) is 39.0 Å². The zero-order chi connectivity index (χ0) is 21.6. The van der Waals surface area contributed by atoms with Crippen LogP contribution in [-0.4, -0.2) is 16.7 Å². The monoisotopic (exact) mass is 429 g/mol. The van der Waals surface area contributed by atoms with Crippen molar-refractivity contribution in [3.05, 3.63) is 106 Å². The van der Waals surface area contributed by atoms with E-state index in [-0.39, 0.29) is 5.91 Å². The molecule has 1 N–H and O–H groups in total. The van der Waals surface area contributed by atoms with Crippen LogP contribution in [-0.2, 0) is 24.2 Å². The van der Waals surface area contributed by atoms with Crippen LogP contribution in [0.3, 0.4) is 0 Å². The number of carbonyl (C=O) groups is 1. The summed E-state index contributed by atoms with van der Waals surface area (Å²) in [5.41, 5.74) is 7.95. The van der Waals surface area contributed by atoms with Crippen LogP contribution in [0.5, 0.6) is 0 Å². The van der Waals surface area contributed by atoms with E-state index in [1.54, 1.807) is 6.21 Å². The highest BCUT2D eigenvalue weighted by molar-refractivity contribution is 6.31. The third-order valence-electron chi connectivity index (χ3n) is 5.31. The minimum Gasteiger partial charge on any atom is -0.342 e. The lowest BCUT2D eigenvalue weighted by atomic mass is 10.1. The number of nitrogens with zero attached hydrogens (tertiary/aromatic N) is 2. The Hall–Kier alpha value is -3.37. The van der Waals surface area contributed by atoms with Gasteiger partial charge in [0, 0.05) is 34.2 Å². The Morgan fingerprint density at radius 2 is 1.71 bits per heavy atom. The first-order chi connectivity index (χ1) is 15.1. The van der Waals surface area contributed by atoms with Gasteiger partial charge in [0.2, 0.25) is 5.91 Å². The van der Waals surface area contributed by atoms with Crippen molar-refractivity contribution in [2.75, 3.05) is 0 Å². The summed E-state index contributed by atoms with van der Waals surface area (Å²) >= 11 is 6.35. The standard InChI is InChI=1S/C26H24ClN3O/c1-2-19-11-13-20(14-12-19)15-26(31)29-28-16-22-18-30(25-10-6-4-8-23(22)25)17-21-7-3-5-9-24(21)27/h3-14,16,18H,2,15,17H2,1H3,(H,29,31)/b28-16-. The Morgan fingerprint density at radius 1 is 1.00 bits per heavy atom. The highest BCUT2D eigenvalue weighted by atomic mass is 35.5. The summed E-state index contributed by atoms with van der Waals surface area (Å²) in [6, 6.07) is 24.1. The number of halogens is 1. The molecule has 31 heavy (non-hydrogen) atoms. The molecule has 4 aromatic rings. The Morgan fingerprint density at radius 3 is 2.48 bits per heavy atom. The van der Waals surface area contributed by atoms with Crippen LogP contribution in [0.1, 0.15) is 29.2 Å². The van der Waals surface area contributed by atoms with Crippen LogP contribution < -0.4 is 5.43 Å². The maximum atomic E-state index is 12.3. The van der Waals surface area contributed by atoms with Crippen molar-refractivity contribution in [2.24, 2.45) is 5.10 Å². The Kier molecular flexibility index (Phi) is 6.48. The number of carbonyl (C=O) groups excluding carboxylic acids is 1. The topological polar surface area (TPSA) is 46.4 Å². The predicted molar refractivity (Wildman–Crippen MR) is 128 cm³/mol. The molecule has 1 heterocycles. The number of amides is 1. The molecule has 0 fully saturated rings. The molecule has 156 valence electrons. The van der Waals surface area contributed by atoms with E-state index in [1.807, 2.05) is 54.7 Å². The van der Waals surface area contributed by atoms with Gasteiger partial charge in [-0.25, -0.2) is 5.43 Å². The smallest absolute Gasteiger partial charge is 0.244 e. The summed E-state index contributed by atoms with van der Waals surface area (Å²) in [6.45, 7) is 2.77. The molecular weight excluding hydrogens is 406 g/mol. The molecule has 4 nitrogen and oxygen atoms in total. The van der Waals surface area contributed by atoms with Crippen molar-refractivity contribution < 1.29 is 4.79 Å². The molecule has 3 aromatic carbocycles. The molecule has 0 radical (unpaired) electrons. The van der Waals surface area contributed by atoms with Crippen LogP contribution in [0.25, 0.3) is 10.9 Å². The number of benzene rings is 3. The van der Waals surface area contributed by atoms with Gasteiger partial charge in [0.1, 0.15) is 0 Å². The van der Waals surface area contributed by atoms with E-state index in [1.165, 1.54) is 5.56 Å². The van der Waals surface area contributed by atoms with Crippen molar-refractivity contribution in [2.45, 2.75) is 26.3 Å². The number of hydrazone groups is 1. The van der Waals surface area contributed by atoms with Crippen LogP contribution in [0.2, 0.25) is 5.02 Å². The molecule has 0 saturated heterocycles. The van der Waals surface area contributed by atoms with E-state index in [9.17, 15) is 4.79 Å². The number of para-hydroxylation sites is 1. The van der Waals surface area contributed by atoms with Crippen molar-refractivity contribution in [3.63, 3.8) is 0 Å². The van der Waals surface area contributed by atoms with E-state index in [0.29, 0.717) is 13.0 Å². The summed E-state index contributed by atoms with van der Waals surface area (Å²) in [6.07, 6.45) is 5.02. The molecule has 0 bridgehead atoms. The summed E-state index contributed by atoms with van der Waals surface area (Å²) < 4.78 is 2.15. The summed E-state index contributed by atoms with van der Waals surface area (Å²) in [5, 5.41) is 6.01. The number of hydrogen-bond donors (Lipinski definition) is 1. The first-order valence-corrected chi connectivity index (χ1v) is 10.7. The third-order valence-corrected chi connectivity index (χ3v) is 5.68. The van der Waals surface area contributed by atoms with Gasteiger partial charge in [-0.05, 0) is 35.2 Å². The normalized spacial score (nSPS) is 11.3. The number of fused-ring (bicyclic) bond motifs is 1. The Labute approximate surface area is 187 Å². The zero-order valence-corrected chi connectivity index (χ0v) is 18.1. The Balaban J connectivity index is 1.48. The lowest BCUT2D eigenvalue weighted by Gasteiger charge is -2.07. The van der Waals surface area contributed by atoms with Gasteiger partial charge in [0.05, 0.1) is 12.6 Å². The van der Waals surface area contributed by atoms with Gasteiger partial charge >= 0.3 is 0 Å². The van der Waals surface area contributed by atoms with E-state index < -0.39 is 0 Å². The van der Waals surface area contributed by atoms with Gasteiger partial charge in [0.15, 0.2) is 0 Å². The van der Waals surface area contributed by atoms with E-state index >= 15 is 0 Å². The van der Waals surface area contributed by atoms with E-state index in [2.05, 4.69) is 46.3 Å². The number of hydrogen-bond acceptors (Lipinski definition) is 2. The maximum Gasteiger partial charge on any atom is 0.244 e. The van der Waals surface area contributed by atoms with Gasteiger partial charge in [-0.15, -0.1) is 0 Å². The lowest BCUT2D eigenvalue weighted by molar-refractivity contribution is -0.120. The minimum absolute atomic E-state index is 0.139. The van der Waals surface area contributed by atoms with Crippen LogP contribution in [0.4, 0.5) is 0 Å². The van der Waals surface area contributed by atoms with Crippen molar-refractivity contribution in [3.8, 4) is 0 Å². The van der Waals surface area contributed by atoms with Crippen molar-refractivity contribution >= 4 is 34.6 Å². The Bertz CT molecular complexity index is 1230. The number of aromatic nitrogens is 1. The van der Waals surface area contributed by atoms with Crippen molar-refractivity contribution in [1.29, 1.82) is 0 Å². The fourth-order valence-corrected chi connectivity index (χ4v) is 3.81. The van der Waals surface area contributed by atoms with Crippen molar-refractivity contribution in [1.82, 2.24) is 9.99 Å². The molecule has 1 aromatic heterocycles. The summed E-state index contributed by atoms with van der Waals surface area (Å²) in [7, 11) is 0. The molecule has 0 unspecified atom stereocenters. The second-order valence-electron chi connectivity index (χ2n) is 7.46. The minimum atomic E-state index is -0.139. The molecule has 5 heteroatoms. The molecule has 0 aliphatic rings. The molecule has 1 amide bonds. The molecule has 4 rings (SSSR count). The first-order valence-electron chi connectivity index (χ1n) is 10.3. The summed E-state index contributed by atoms with van der Waals surface area (Å²) in [5.74, 6) is -0.139. The predicted octanol–water partition coefficient (Wildman–Crippen LogP) is 5.60. The quantitative estimate of drug-likeness (QED) is 0.301. The average Bonchev–Trinajstić information content (AvgIpc) is 3.13. The number of nitrogens with one attached hydrogen (secondary N) is 1. The number of aryl methyl sites for hydroxylation is 1. The summed E-state index contributed by atoms with van der Waals surface area (Å²) in [4.78, 5) is 12.3. The van der Waals surface area contributed by atoms with E-state index in [4.69, 9.17) is 11.6 Å². The molecular formula is C26H24ClN3O. The second-order valence-corrected chi connectivity index (χ2v) is 7.87. The fourth-order valence-electron chi connectivity index (χ4n) is 3.61. The fraction of sp³-hybridized carbons (Fsp3) is 0.154. The van der Waals surface area contributed by atoms with Gasteiger partial charge in [-0.3, -0.25) is 4.79 Å². The third kappa shape index (κ3) is 5.04. The molecule has 0 atom stereocenters. The highest BCUT2D eigenvalue weighted by Gasteiger charge is 2.09. The van der Waals surface area contributed by atoms with Gasteiger partial charge < -0.3 is 4.57 Å². The zero-order valence-electron chi connectivity index (χ0n) is 17.4. The molecule has 0 spiro atoms. The van der Waals surface area contributed by atoms with Crippen LogP contribution in [0.15, 0.2) is 84.1 Å². The second kappa shape index (κ2) is 9.63. The first kappa shape index (κ1) is 20.9. The number of rotatable bonds is 7. The van der Waals surface area contributed by atoms with Gasteiger partial charge in [-0.1, -0.05) is 79.2 Å². The lowest BCUT2D eigenvalue weighted by Crippen LogP contribution is -2.19. The molecule has 0 aliphatic heterocycles. The largest absolute Gasteiger partial charge is 0.342 e. The molecule has 0 saturated carbocycles. The maximum absolute atomic E-state index is 12.3. The van der Waals surface area contributed by atoms with Gasteiger partial charge in [-0.2, -0.15) is 5.10 Å². The average molecular weight is 430 g/mol. The van der Waals surface area contributed by atoms with Crippen LogP contribution >= 0.6 is 11.6 Å². The SMILES string of the molecule is CCc1ccc(CC(=O)N/N=C\c2cn(Cc3ccccc3Cl)c3ccccc23)cc1. The molecule has 0 aliphatic carbocycles. The highest BCUT2D eigenvalue weighted by Crippen LogP contribution is 2.23. The van der Waals surface area contributed by atoms with Crippen LogP contribution in [0, 0.1) is 0 Å². The van der Waals surface area contributed by atoms with Gasteiger partial charge in [0.25, 0.3) is 0 Å².